The van der Waals surface area contributed by atoms with Gasteiger partial charge in [0.15, 0.2) is 11.5 Å². The van der Waals surface area contributed by atoms with E-state index in [0.29, 0.717) is 18.1 Å². The molecular weight excluding hydrogens is 436 g/mol. The van der Waals surface area contributed by atoms with E-state index in [2.05, 4.69) is 4.18 Å². The minimum atomic E-state index is -4.11. The van der Waals surface area contributed by atoms with E-state index in [9.17, 15) is 16.8 Å². The molecule has 0 radical (unpaired) electrons. The molecule has 2 rings (SSSR count). The quantitative estimate of drug-likeness (QED) is 0.452. The first kappa shape index (κ1) is 24.1. The standard InChI is InChI=1S/C18H24N2O8S2/c1-19-29(21,22)27-14-16(28-30(23,24)20-2)13-26-18-11-7-6-10-17(18)25-12-15-8-4-3-5-9-15/h3-11,16,19-20H,12-14H2,1-2H3. The molecule has 1 unspecified atom stereocenters. The maximum Gasteiger partial charge on any atom is 0.336 e. The van der Waals surface area contributed by atoms with Gasteiger partial charge in [-0.2, -0.15) is 26.3 Å². The summed E-state index contributed by atoms with van der Waals surface area (Å²) in [6.45, 7) is -0.595. The Bertz CT molecular complexity index is 998. The molecule has 0 heterocycles. The average Bonchev–Trinajstić information content (AvgIpc) is 2.75. The van der Waals surface area contributed by atoms with Crippen LogP contribution in [-0.2, 0) is 35.6 Å². The molecule has 2 aromatic rings. The molecule has 0 aromatic heterocycles. The summed E-state index contributed by atoms with van der Waals surface area (Å²) in [4.78, 5) is 0. The van der Waals surface area contributed by atoms with E-state index in [4.69, 9.17) is 13.7 Å². The highest BCUT2D eigenvalue weighted by molar-refractivity contribution is 7.85. The van der Waals surface area contributed by atoms with Crippen LogP contribution in [0.15, 0.2) is 54.6 Å². The van der Waals surface area contributed by atoms with Crippen molar-refractivity contribution in [2.75, 3.05) is 27.3 Å². The van der Waals surface area contributed by atoms with Gasteiger partial charge in [-0.3, -0.25) is 4.18 Å². The van der Waals surface area contributed by atoms with Crippen molar-refractivity contribution >= 4 is 20.6 Å². The van der Waals surface area contributed by atoms with Gasteiger partial charge in [0.1, 0.15) is 19.3 Å². The van der Waals surface area contributed by atoms with Gasteiger partial charge in [-0.25, -0.2) is 4.18 Å². The van der Waals surface area contributed by atoms with Crippen LogP contribution < -0.4 is 18.9 Å². The molecule has 30 heavy (non-hydrogen) atoms. The fraction of sp³-hybridized carbons (Fsp3) is 0.333. The fourth-order valence-corrected chi connectivity index (χ4v) is 3.18. The van der Waals surface area contributed by atoms with Gasteiger partial charge in [-0.15, -0.1) is 0 Å². The molecule has 0 fully saturated rings. The molecule has 12 heteroatoms. The summed E-state index contributed by atoms with van der Waals surface area (Å²) in [5, 5.41) is 0. The first-order valence-electron chi connectivity index (χ1n) is 8.83. The van der Waals surface area contributed by atoms with Gasteiger partial charge in [0.2, 0.25) is 0 Å². The number of hydrogen-bond donors (Lipinski definition) is 2. The lowest BCUT2D eigenvalue weighted by molar-refractivity contribution is 0.0849. The highest BCUT2D eigenvalue weighted by Gasteiger charge is 2.22. The second-order valence-electron chi connectivity index (χ2n) is 5.85. The van der Waals surface area contributed by atoms with Crippen LogP contribution in [0.4, 0.5) is 0 Å². The highest BCUT2D eigenvalue weighted by atomic mass is 32.2. The van der Waals surface area contributed by atoms with Gasteiger partial charge < -0.3 is 9.47 Å². The lowest BCUT2D eigenvalue weighted by Gasteiger charge is -2.19. The number of ether oxygens (including phenoxy) is 2. The molecule has 0 spiro atoms. The van der Waals surface area contributed by atoms with Crippen molar-refractivity contribution in [3.63, 3.8) is 0 Å². The van der Waals surface area contributed by atoms with Crippen LogP contribution in [0, 0.1) is 0 Å². The second kappa shape index (κ2) is 11.2. The van der Waals surface area contributed by atoms with Crippen LogP contribution in [-0.4, -0.2) is 50.2 Å². The summed E-state index contributed by atoms with van der Waals surface area (Å²) in [6, 6.07) is 16.3. The Labute approximate surface area is 176 Å². The fourth-order valence-electron chi connectivity index (χ4n) is 2.16. The summed E-state index contributed by atoms with van der Waals surface area (Å²) in [5.41, 5.74) is 0.958. The van der Waals surface area contributed by atoms with E-state index in [1.807, 2.05) is 39.8 Å². The smallest absolute Gasteiger partial charge is 0.336 e. The zero-order valence-corrected chi connectivity index (χ0v) is 18.1. The molecule has 0 bridgehead atoms. The van der Waals surface area contributed by atoms with Crippen LogP contribution in [0.25, 0.3) is 0 Å². The zero-order chi connectivity index (χ0) is 22.0. The molecule has 166 valence electrons. The normalized spacial score (nSPS) is 13.0. The molecular formula is C18H24N2O8S2. The van der Waals surface area contributed by atoms with Crippen LogP contribution in [0.2, 0.25) is 0 Å². The lowest BCUT2D eigenvalue weighted by atomic mass is 10.2. The second-order valence-corrected chi connectivity index (χ2v) is 8.91. The van der Waals surface area contributed by atoms with Crippen molar-refractivity contribution in [2.24, 2.45) is 0 Å². The van der Waals surface area contributed by atoms with Crippen molar-refractivity contribution in [1.29, 1.82) is 0 Å². The first-order chi connectivity index (χ1) is 14.2. The van der Waals surface area contributed by atoms with Crippen molar-refractivity contribution in [3.8, 4) is 11.5 Å². The van der Waals surface area contributed by atoms with Gasteiger partial charge >= 0.3 is 20.6 Å². The van der Waals surface area contributed by atoms with Crippen LogP contribution in [0.1, 0.15) is 5.56 Å². The zero-order valence-electron chi connectivity index (χ0n) is 16.5. The molecule has 2 N–H and O–H groups in total. The van der Waals surface area contributed by atoms with E-state index >= 15 is 0 Å². The molecule has 0 aliphatic heterocycles. The van der Waals surface area contributed by atoms with Gasteiger partial charge in [-0.05, 0) is 17.7 Å². The molecule has 0 aliphatic carbocycles. The Hall–Kier alpha value is -2.22. The summed E-state index contributed by atoms with van der Waals surface area (Å²) in [6.07, 6.45) is -1.24. The molecule has 1 atom stereocenters. The Morgan fingerprint density at radius 2 is 1.33 bits per heavy atom. The molecule has 0 saturated carbocycles. The van der Waals surface area contributed by atoms with Crippen molar-refractivity contribution in [1.82, 2.24) is 9.44 Å². The number of hydrogen-bond acceptors (Lipinski definition) is 8. The average molecular weight is 461 g/mol. The highest BCUT2D eigenvalue weighted by Crippen LogP contribution is 2.27. The summed E-state index contributed by atoms with van der Waals surface area (Å²) < 4.78 is 71.3. The minimum absolute atomic E-state index is 0.304. The van der Waals surface area contributed by atoms with Crippen LogP contribution in [0.3, 0.4) is 0 Å². The van der Waals surface area contributed by atoms with E-state index in [0.717, 1.165) is 19.7 Å². The Balaban J connectivity index is 2.06. The van der Waals surface area contributed by atoms with Gasteiger partial charge in [-0.1, -0.05) is 42.5 Å². The van der Waals surface area contributed by atoms with Crippen molar-refractivity contribution in [3.05, 3.63) is 60.2 Å². The lowest BCUT2D eigenvalue weighted by Crippen LogP contribution is -2.36. The summed E-state index contributed by atoms with van der Waals surface area (Å²) in [5.74, 6) is 0.765. The van der Waals surface area contributed by atoms with Crippen LogP contribution >= 0.6 is 0 Å². The van der Waals surface area contributed by atoms with Crippen LogP contribution in [0.5, 0.6) is 11.5 Å². The molecule has 0 amide bonds. The first-order valence-corrected chi connectivity index (χ1v) is 11.6. The Morgan fingerprint density at radius 1 is 0.767 bits per heavy atom. The third-order valence-electron chi connectivity index (χ3n) is 3.68. The van der Waals surface area contributed by atoms with Crippen molar-refractivity contribution < 1.29 is 34.7 Å². The Morgan fingerprint density at radius 3 is 1.93 bits per heavy atom. The molecule has 0 saturated heterocycles. The number of para-hydroxylation sites is 2. The van der Waals surface area contributed by atoms with E-state index in [1.54, 1.807) is 24.3 Å². The SMILES string of the molecule is CNS(=O)(=O)OCC(COc1ccccc1OCc1ccccc1)OS(=O)(=O)NC. The van der Waals surface area contributed by atoms with Crippen molar-refractivity contribution in [2.45, 2.75) is 12.7 Å². The topological polar surface area (TPSA) is 129 Å². The predicted molar refractivity (Wildman–Crippen MR) is 109 cm³/mol. The van der Waals surface area contributed by atoms with Gasteiger partial charge in [0.05, 0.1) is 6.61 Å². The maximum absolute atomic E-state index is 11.7. The third kappa shape index (κ3) is 8.26. The Kier molecular flexibility index (Phi) is 9.02. The minimum Gasteiger partial charge on any atom is -0.487 e. The summed E-state index contributed by atoms with van der Waals surface area (Å²) >= 11 is 0. The number of benzene rings is 2. The molecule has 2 aromatic carbocycles. The van der Waals surface area contributed by atoms with E-state index in [-0.39, 0.29) is 6.61 Å². The summed E-state index contributed by atoms with van der Waals surface area (Å²) in [7, 11) is -5.83. The monoisotopic (exact) mass is 460 g/mol. The number of nitrogens with one attached hydrogen (secondary N) is 2. The predicted octanol–water partition coefficient (Wildman–Crippen LogP) is 0.975. The largest absolute Gasteiger partial charge is 0.487 e. The molecule has 10 nitrogen and oxygen atoms in total. The van der Waals surface area contributed by atoms with Gasteiger partial charge in [0.25, 0.3) is 0 Å². The number of rotatable bonds is 13. The maximum atomic E-state index is 11.7. The van der Waals surface area contributed by atoms with E-state index < -0.39 is 33.3 Å². The van der Waals surface area contributed by atoms with Gasteiger partial charge in [0, 0.05) is 14.1 Å². The van der Waals surface area contributed by atoms with E-state index in [1.165, 1.54) is 0 Å². The molecule has 0 aliphatic rings. The third-order valence-corrected chi connectivity index (χ3v) is 5.65.